The second kappa shape index (κ2) is 10.1. The molecule has 8 nitrogen and oxygen atoms in total. The van der Waals surface area contributed by atoms with E-state index in [1.807, 2.05) is 13.1 Å². The number of aryl methyl sites for hydroxylation is 4. The Labute approximate surface area is 211 Å². The number of aromatic nitrogens is 5. The average molecular weight is 490 g/mol. The molecule has 1 saturated heterocycles. The monoisotopic (exact) mass is 489 g/mol. The van der Waals surface area contributed by atoms with Crippen molar-refractivity contribution in [3.63, 3.8) is 0 Å². The third-order valence-electron chi connectivity index (χ3n) is 7.86. The highest BCUT2D eigenvalue weighted by molar-refractivity contribution is 6.01. The number of nitrogens with zero attached hydrogens (tertiary/aromatic N) is 5. The number of Topliss-reactive ketones (excluding diaryl/α,β-unsaturated/α-hetero) is 1. The summed E-state index contributed by atoms with van der Waals surface area (Å²) in [6.07, 6.45) is 11.4. The maximum absolute atomic E-state index is 13.5. The molecule has 36 heavy (non-hydrogen) atoms. The third-order valence-corrected chi connectivity index (χ3v) is 7.86. The first-order chi connectivity index (χ1) is 17.4. The lowest BCUT2D eigenvalue weighted by molar-refractivity contribution is -0.185. The number of cyclic esters (lactones) is 1. The van der Waals surface area contributed by atoms with E-state index in [0.29, 0.717) is 18.0 Å². The van der Waals surface area contributed by atoms with Gasteiger partial charge in [-0.2, -0.15) is 4.98 Å². The van der Waals surface area contributed by atoms with Crippen LogP contribution in [0.15, 0.2) is 24.5 Å². The van der Waals surface area contributed by atoms with Crippen molar-refractivity contribution in [2.24, 2.45) is 11.8 Å². The quantitative estimate of drug-likeness (QED) is 0.345. The van der Waals surface area contributed by atoms with E-state index in [1.165, 1.54) is 5.56 Å². The van der Waals surface area contributed by atoms with Crippen molar-refractivity contribution in [2.75, 3.05) is 0 Å². The van der Waals surface area contributed by atoms with E-state index in [2.05, 4.69) is 41.0 Å². The van der Waals surface area contributed by atoms with E-state index in [0.717, 1.165) is 61.9 Å². The van der Waals surface area contributed by atoms with E-state index in [-0.39, 0.29) is 24.5 Å². The molecule has 190 valence electrons. The van der Waals surface area contributed by atoms with E-state index < -0.39 is 17.5 Å². The van der Waals surface area contributed by atoms with Gasteiger partial charge in [-0.3, -0.25) is 14.6 Å². The van der Waals surface area contributed by atoms with Crippen molar-refractivity contribution in [3.8, 4) is 0 Å². The van der Waals surface area contributed by atoms with Gasteiger partial charge in [-0.15, -0.1) is 5.10 Å². The lowest BCUT2D eigenvalue weighted by atomic mass is 9.73. The molecule has 2 fully saturated rings. The fourth-order valence-corrected chi connectivity index (χ4v) is 5.85. The first-order valence-electron chi connectivity index (χ1n) is 13.3. The molecule has 1 aliphatic carbocycles. The Hall–Kier alpha value is -3.16. The normalized spacial score (nSPS) is 22.9. The number of carbonyl (C=O) groups excluding carboxylic acids is 2. The smallest absolute Gasteiger partial charge is 0.317 e. The maximum atomic E-state index is 13.5. The van der Waals surface area contributed by atoms with Crippen LogP contribution in [0.3, 0.4) is 0 Å². The van der Waals surface area contributed by atoms with Crippen LogP contribution in [-0.4, -0.2) is 41.9 Å². The molecule has 5 rings (SSSR count). The van der Waals surface area contributed by atoms with Crippen LogP contribution < -0.4 is 0 Å². The van der Waals surface area contributed by atoms with Gasteiger partial charge in [0.1, 0.15) is 11.5 Å². The molecular weight excluding hydrogens is 454 g/mol. The molecule has 0 N–H and O–H groups in total. The van der Waals surface area contributed by atoms with Crippen LogP contribution in [0.1, 0.15) is 80.7 Å². The zero-order chi connectivity index (χ0) is 25.3. The zero-order valence-electron chi connectivity index (χ0n) is 21.5. The predicted molar refractivity (Wildman–Crippen MR) is 134 cm³/mol. The minimum Gasteiger partial charge on any atom is -0.458 e. The van der Waals surface area contributed by atoms with Crippen LogP contribution in [0.2, 0.25) is 0 Å². The summed E-state index contributed by atoms with van der Waals surface area (Å²) < 4.78 is 7.88. The summed E-state index contributed by atoms with van der Waals surface area (Å²) in [4.78, 5) is 40.2. The highest BCUT2D eigenvalue weighted by Gasteiger charge is 2.51. The summed E-state index contributed by atoms with van der Waals surface area (Å²) >= 11 is 0. The van der Waals surface area contributed by atoms with E-state index >= 15 is 0 Å². The first kappa shape index (κ1) is 24.5. The summed E-state index contributed by atoms with van der Waals surface area (Å²) in [7, 11) is 0. The van der Waals surface area contributed by atoms with Gasteiger partial charge in [0.15, 0.2) is 11.6 Å². The van der Waals surface area contributed by atoms with Crippen LogP contribution >= 0.6 is 0 Å². The topological polar surface area (TPSA) is 99.3 Å². The molecule has 0 aromatic carbocycles. The number of hydrogen-bond donors (Lipinski definition) is 0. The average Bonchev–Trinajstić information content (AvgIpc) is 3.55. The molecule has 8 heteroatoms. The number of fused-ring (bicyclic) bond motifs is 1. The van der Waals surface area contributed by atoms with Gasteiger partial charge in [0.05, 0.1) is 0 Å². The Bertz CT molecular complexity index is 1240. The number of pyridine rings is 1. The molecule has 3 aromatic rings. The Kier molecular flexibility index (Phi) is 6.86. The van der Waals surface area contributed by atoms with Crippen molar-refractivity contribution in [2.45, 2.75) is 90.6 Å². The van der Waals surface area contributed by atoms with Crippen molar-refractivity contribution in [1.29, 1.82) is 0 Å². The predicted octanol–water partition coefficient (Wildman–Crippen LogP) is 4.19. The molecule has 1 saturated carbocycles. The van der Waals surface area contributed by atoms with Gasteiger partial charge in [0, 0.05) is 36.6 Å². The van der Waals surface area contributed by atoms with Gasteiger partial charge in [-0.1, -0.05) is 26.7 Å². The van der Waals surface area contributed by atoms with Gasteiger partial charge in [-0.25, -0.2) is 9.50 Å². The Balaban J connectivity index is 1.35. The molecule has 0 spiro atoms. The van der Waals surface area contributed by atoms with Crippen LogP contribution in [0.4, 0.5) is 0 Å². The second-order valence-electron chi connectivity index (χ2n) is 10.4. The summed E-state index contributed by atoms with van der Waals surface area (Å²) in [5.74, 6) is -0.225. The fourth-order valence-electron chi connectivity index (χ4n) is 5.85. The molecule has 0 bridgehead atoms. The van der Waals surface area contributed by atoms with E-state index in [1.54, 1.807) is 10.7 Å². The van der Waals surface area contributed by atoms with Crippen LogP contribution in [0.25, 0.3) is 5.78 Å². The van der Waals surface area contributed by atoms with Gasteiger partial charge < -0.3 is 4.74 Å². The number of esters is 1. The highest BCUT2D eigenvalue weighted by atomic mass is 16.6. The summed E-state index contributed by atoms with van der Waals surface area (Å²) in [5, 5.41) is 4.44. The molecular formula is C28H35N5O3. The molecule has 1 aliphatic heterocycles. The van der Waals surface area contributed by atoms with Crippen LogP contribution in [0.5, 0.6) is 0 Å². The van der Waals surface area contributed by atoms with Gasteiger partial charge in [0.25, 0.3) is 5.78 Å². The maximum Gasteiger partial charge on any atom is 0.317 e. The molecule has 2 atom stereocenters. The lowest BCUT2D eigenvalue weighted by Gasteiger charge is -2.43. The number of hydrogen-bond acceptors (Lipinski definition) is 7. The number of rotatable bonds is 8. The van der Waals surface area contributed by atoms with Crippen molar-refractivity contribution in [1.82, 2.24) is 24.6 Å². The molecule has 0 radical (unpaired) electrons. The van der Waals surface area contributed by atoms with Gasteiger partial charge >= 0.3 is 5.97 Å². The third kappa shape index (κ3) is 4.90. The van der Waals surface area contributed by atoms with Gasteiger partial charge in [0.2, 0.25) is 0 Å². The van der Waals surface area contributed by atoms with Crippen molar-refractivity contribution in [3.05, 3.63) is 52.9 Å². The SMILES string of the molecule is CCc1cc(CCC2(C3CCCC3)CC(=O)C(Cc3nc4ncc(C)cn4n3)C(=O)O2)cc(CC)n1. The highest BCUT2D eigenvalue weighted by Crippen LogP contribution is 2.45. The molecule has 0 amide bonds. The van der Waals surface area contributed by atoms with E-state index in [4.69, 9.17) is 9.72 Å². The Morgan fingerprint density at radius 3 is 2.47 bits per heavy atom. The standard InChI is InChI=1S/C28H35N5O3/c1-4-21-12-19(13-22(5-2)30-21)10-11-28(20-8-6-7-9-20)15-24(34)23(26(35)36-28)14-25-31-27-29-16-18(3)17-33(27)32-25/h12-13,16-17,20,23H,4-11,14-15H2,1-3H3. The van der Waals surface area contributed by atoms with E-state index in [9.17, 15) is 9.59 Å². The van der Waals surface area contributed by atoms with Gasteiger partial charge in [-0.05, 0) is 74.6 Å². The van der Waals surface area contributed by atoms with Crippen molar-refractivity contribution >= 4 is 17.5 Å². The number of ketones is 1. The fraction of sp³-hybridized carbons (Fsp3) is 0.571. The number of ether oxygens (including phenoxy) is 1. The van der Waals surface area contributed by atoms with Crippen molar-refractivity contribution < 1.29 is 14.3 Å². The molecule has 2 aliphatic rings. The lowest BCUT2D eigenvalue weighted by Crippen LogP contribution is -2.52. The summed E-state index contributed by atoms with van der Waals surface area (Å²) in [5.41, 5.74) is 3.60. The summed E-state index contributed by atoms with van der Waals surface area (Å²) in [6.45, 7) is 6.15. The molecule has 2 unspecified atom stereocenters. The second-order valence-corrected chi connectivity index (χ2v) is 10.4. The van der Waals surface area contributed by atoms with Crippen LogP contribution in [-0.2, 0) is 40.0 Å². The van der Waals surface area contributed by atoms with Crippen LogP contribution in [0, 0.1) is 18.8 Å². The number of carbonyl (C=O) groups is 2. The minimum atomic E-state index is -0.864. The largest absolute Gasteiger partial charge is 0.458 e. The Morgan fingerprint density at radius 2 is 1.81 bits per heavy atom. The minimum absolute atomic E-state index is 0.0561. The first-order valence-corrected chi connectivity index (χ1v) is 13.3. The summed E-state index contributed by atoms with van der Waals surface area (Å²) in [6, 6.07) is 4.31. The Morgan fingerprint density at radius 1 is 1.08 bits per heavy atom. The zero-order valence-corrected chi connectivity index (χ0v) is 21.5. The molecule has 3 aromatic heterocycles. The molecule has 4 heterocycles.